The number of nitrogens with two attached hydrogens (primary N) is 1. The van der Waals surface area contributed by atoms with E-state index >= 15 is 0 Å². The van der Waals surface area contributed by atoms with Crippen LogP contribution < -0.4 is 10.6 Å². The third kappa shape index (κ3) is 3.70. The molecule has 6 heteroatoms. The second kappa shape index (κ2) is 6.71. The fourth-order valence-corrected chi connectivity index (χ4v) is 1.90. The number of nitrogens with zero attached hydrogens (tertiary/aromatic N) is 1. The lowest BCUT2D eigenvalue weighted by Crippen LogP contribution is -2.32. The van der Waals surface area contributed by atoms with Crippen molar-refractivity contribution in [2.75, 3.05) is 11.4 Å². The van der Waals surface area contributed by atoms with E-state index in [-0.39, 0.29) is 31.2 Å². The first-order valence-electron chi connectivity index (χ1n) is 6.49. The molecule has 110 valence electrons. The fourth-order valence-electron chi connectivity index (χ4n) is 1.90. The summed E-state index contributed by atoms with van der Waals surface area (Å²) >= 11 is 0. The maximum absolute atomic E-state index is 12.5. The first-order valence-corrected chi connectivity index (χ1v) is 6.49. The van der Waals surface area contributed by atoms with E-state index in [9.17, 15) is 9.59 Å². The minimum atomic E-state index is -0.967. The number of carboxylic acid groups (broad SMARTS) is 1. The molecule has 0 atom stereocenters. The molecule has 1 aromatic carbocycles. The zero-order valence-electron chi connectivity index (χ0n) is 11.4. The highest BCUT2D eigenvalue weighted by atomic mass is 16.4. The Bertz CT molecular complexity index is 622. The average Bonchev–Trinajstić information content (AvgIpc) is 2.97. The SMILES string of the molecule is NCc1ccc(C(=O)N(CCC(=O)O)c2ccccc2)o1. The van der Waals surface area contributed by atoms with Gasteiger partial charge in [-0.3, -0.25) is 9.59 Å². The Kier molecular flexibility index (Phi) is 4.73. The van der Waals surface area contributed by atoms with Gasteiger partial charge in [-0.05, 0) is 24.3 Å². The maximum atomic E-state index is 12.5. The molecule has 2 aromatic rings. The van der Waals surface area contributed by atoms with Gasteiger partial charge in [0.05, 0.1) is 13.0 Å². The number of carbonyl (C=O) groups excluding carboxylic acids is 1. The number of carboxylic acids is 1. The zero-order chi connectivity index (χ0) is 15.2. The summed E-state index contributed by atoms with van der Waals surface area (Å²) in [5.41, 5.74) is 6.07. The molecule has 0 aliphatic carbocycles. The highest BCUT2D eigenvalue weighted by Crippen LogP contribution is 2.18. The van der Waals surface area contributed by atoms with Crippen molar-refractivity contribution in [2.45, 2.75) is 13.0 Å². The summed E-state index contributed by atoms with van der Waals surface area (Å²) in [5, 5.41) is 8.83. The van der Waals surface area contributed by atoms with E-state index in [0.29, 0.717) is 11.4 Å². The van der Waals surface area contributed by atoms with Crippen LogP contribution in [0.5, 0.6) is 0 Å². The quantitative estimate of drug-likeness (QED) is 0.845. The first kappa shape index (κ1) is 14.8. The number of anilines is 1. The minimum Gasteiger partial charge on any atom is -0.481 e. The second-order valence-corrected chi connectivity index (χ2v) is 4.41. The maximum Gasteiger partial charge on any atom is 0.305 e. The molecule has 0 saturated heterocycles. The van der Waals surface area contributed by atoms with Crippen LogP contribution in [0, 0.1) is 0 Å². The van der Waals surface area contributed by atoms with Gasteiger partial charge in [0.15, 0.2) is 5.76 Å². The van der Waals surface area contributed by atoms with E-state index in [4.69, 9.17) is 15.3 Å². The Hall–Kier alpha value is -2.60. The number of rotatable bonds is 6. The Balaban J connectivity index is 2.25. The lowest BCUT2D eigenvalue weighted by Gasteiger charge is -2.21. The molecule has 3 N–H and O–H groups in total. The lowest BCUT2D eigenvalue weighted by molar-refractivity contribution is -0.136. The summed E-state index contributed by atoms with van der Waals surface area (Å²) in [4.78, 5) is 24.6. The summed E-state index contributed by atoms with van der Waals surface area (Å²) in [6.07, 6.45) is -0.148. The molecule has 0 aliphatic heterocycles. The van der Waals surface area contributed by atoms with Crippen molar-refractivity contribution in [2.24, 2.45) is 5.73 Å². The van der Waals surface area contributed by atoms with Crippen LogP contribution in [0.1, 0.15) is 22.7 Å². The van der Waals surface area contributed by atoms with Crippen LogP contribution in [-0.2, 0) is 11.3 Å². The van der Waals surface area contributed by atoms with E-state index in [1.165, 1.54) is 4.90 Å². The van der Waals surface area contributed by atoms with Crippen LogP contribution in [0.15, 0.2) is 46.9 Å². The van der Waals surface area contributed by atoms with Crippen LogP contribution in [0.3, 0.4) is 0 Å². The van der Waals surface area contributed by atoms with E-state index in [1.54, 1.807) is 36.4 Å². The Morgan fingerprint density at radius 1 is 1.14 bits per heavy atom. The number of hydrogen-bond acceptors (Lipinski definition) is 4. The number of para-hydroxylation sites is 1. The van der Waals surface area contributed by atoms with Gasteiger partial charge in [-0.25, -0.2) is 0 Å². The van der Waals surface area contributed by atoms with E-state index in [2.05, 4.69) is 0 Å². The minimum absolute atomic E-state index is 0.0663. The topological polar surface area (TPSA) is 96.8 Å². The van der Waals surface area contributed by atoms with Gasteiger partial charge in [-0.15, -0.1) is 0 Å². The van der Waals surface area contributed by atoms with E-state index < -0.39 is 5.97 Å². The molecular weight excluding hydrogens is 272 g/mol. The van der Waals surface area contributed by atoms with Crippen LogP contribution in [0.25, 0.3) is 0 Å². The van der Waals surface area contributed by atoms with Gasteiger partial charge in [0.1, 0.15) is 5.76 Å². The number of hydrogen-bond donors (Lipinski definition) is 2. The summed E-state index contributed by atoms with van der Waals surface area (Å²) in [5.74, 6) is -0.706. The molecule has 1 amide bonds. The van der Waals surface area contributed by atoms with Crippen molar-refractivity contribution < 1.29 is 19.1 Å². The summed E-state index contributed by atoms with van der Waals surface area (Å²) < 4.78 is 5.34. The van der Waals surface area contributed by atoms with Gasteiger partial charge in [0.2, 0.25) is 0 Å². The number of amides is 1. The van der Waals surface area contributed by atoms with Crippen molar-refractivity contribution in [3.63, 3.8) is 0 Å². The van der Waals surface area contributed by atoms with Crippen molar-refractivity contribution >= 4 is 17.6 Å². The summed E-state index contributed by atoms with van der Waals surface area (Å²) in [6.45, 7) is 0.268. The first-order chi connectivity index (χ1) is 10.1. The predicted molar refractivity (Wildman–Crippen MR) is 77.0 cm³/mol. The molecule has 1 heterocycles. The lowest BCUT2D eigenvalue weighted by atomic mass is 10.2. The Morgan fingerprint density at radius 3 is 2.43 bits per heavy atom. The van der Waals surface area contributed by atoms with E-state index in [1.807, 2.05) is 6.07 Å². The molecule has 6 nitrogen and oxygen atoms in total. The molecule has 0 spiro atoms. The molecule has 0 fully saturated rings. The molecular formula is C15H16N2O4. The van der Waals surface area contributed by atoms with Gasteiger partial charge >= 0.3 is 5.97 Å². The number of carbonyl (C=O) groups is 2. The number of aliphatic carboxylic acids is 1. The molecule has 0 radical (unpaired) electrons. The molecule has 1 aromatic heterocycles. The standard InChI is InChI=1S/C15H16N2O4/c16-10-12-6-7-13(21-12)15(20)17(9-8-14(18)19)11-4-2-1-3-5-11/h1-7H,8-10,16H2,(H,18,19). The molecule has 0 aliphatic rings. The average molecular weight is 288 g/mol. The van der Waals surface area contributed by atoms with Gasteiger partial charge < -0.3 is 20.2 Å². The largest absolute Gasteiger partial charge is 0.481 e. The smallest absolute Gasteiger partial charge is 0.305 e. The van der Waals surface area contributed by atoms with Crippen LogP contribution >= 0.6 is 0 Å². The Morgan fingerprint density at radius 2 is 1.86 bits per heavy atom. The molecule has 0 unspecified atom stereocenters. The Labute approximate surface area is 121 Å². The third-order valence-electron chi connectivity index (χ3n) is 2.94. The zero-order valence-corrected chi connectivity index (χ0v) is 11.4. The van der Waals surface area contributed by atoms with Crippen LogP contribution in [0.4, 0.5) is 5.69 Å². The van der Waals surface area contributed by atoms with Crippen LogP contribution in [-0.4, -0.2) is 23.5 Å². The van der Waals surface area contributed by atoms with Crippen molar-refractivity contribution in [1.82, 2.24) is 0 Å². The predicted octanol–water partition coefficient (Wildman–Crippen LogP) is 1.86. The normalized spacial score (nSPS) is 10.3. The van der Waals surface area contributed by atoms with Crippen LogP contribution in [0.2, 0.25) is 0 Å². The highest BCUT2D eigenvalue weighted by molar-refractivity contribution is 6.04. The van der Waals surface area contributed by atoms with Gasteiger partial charge in [-0.2, -0.15) is 0 Å². The summed E-state index contributed by atoms with van der Waals surface area (Å²) in [7, 11) is 0. The molecule has 2 rings (SSSR count). The van der Waals surface area contributed by atoms with Crippen molar-refractivity contribution in [1.29, 1.82) is 0 Å². The highest BCUT2D eigenvalue weighted by Gasteiger charge is 2.21. The number of furan rings is 1. The second-order valence-electron chi connectivity index (χ2n) is 4.41. The van der Waals surface area contributed by atoms with E-state index in [0.717, 1.165) is 0 Å². The fraction of sp³-hybridized carbons (Fsp3) is 0.200. The molecule has 21 heavy (non-hydrogen) atoms. The van der Waals surface area contributed by atoms with Gasteiger partial charge in [-0.1, -0.05) is 18.2 Å². The van der Waals surface area contributed by atoms with Gasteiger partial charge in [0.25, 0.3) is 5.91 Å². The van der Waals surface area contributed by atoms with Crippen molar-refractivity contribution in [3.05, 3.63) is 54.0 Å². The molecule has 0 bridgehead atoms. The molecule has 0 saturated carbocycles. The number of benzene rings is 1. The van der Waals surface area contributed by atoms with Gasteiger partial charge in [0, 0.05) is 12.2 Å². The van der Waals surface area contributed by atoms with Crippen molar-refractivity contribution in [3.8, 4) is 0 Å². The monoisotopic (exact) mass is 288 g/mol. The summed E-state index contributed by atoms with van der Waals surface area (Å²) in [6, 6.07) is 12.0. The third-order valence-corrected chi connectivity index (χ3v) is 2.94.